The van der Waals surface area contributed by atoms with Crippen LogP contribution in [0.15, 0.2) is 57.2 Å². The molecule has 0 spiro atoms. The number of benzene rings is 2. The highest BCUT2D eigenvalue weighted by atomic mass is 79.9. The quantitative estimate of drug-likeness (QED) is 0.335. The summed E-state index contributed by atoms with van der Waals surface area (Å²) < 4.78 is 11.6. The van der Waals surface area contributed by atoms with Crippen LogP contribution in [0.3, 0.4) is 0 Å². The molecule has 0 bridgehead atoms. The number of nitriles is 1. The number of hydrogen-bond acceptors (Lipinski definition) is 9. The molecule has 2 aromatic heterocycles. The first kappa shape index (κ1) is 22.8. The Hall–Kier alpha value is -4.01. The third-order valence-electron chi connectivity index (χ3n) is 5.62. The SMILES string of the molecule is COc1ccc(-c2nc(N=Nc3c(O)[nH]c4ccc(Br)cc34)nc(N3CCOCC3)c2C#N)cc1. The molecule has 0 unspecified atom stereocenters. The van der Waals surface area contributed by atoms with Gasteiger partial charge in [0.2, 0.25) is 5.88 Å². The average molecular weight is 534 g/mol. The van der Waals surface area contributed by atoms with Gasteiger partial charge in [-0.2, -0.15) is 10.2 Å². The molecule has 35 heavy (non-hydrogen) atoms. The van der Waals surface area contributed by atoms with Crippen LogP contribution in [-0.4, -0.2) is 53.5 Å². The zero-order chi connectivity index (χ0) is 24.4. The molecule has 2 N–H and O–H groups in total. The van der Waals surface area contributed by atoms with E-state index in [-0.39, 0.29) is 17.5 Å². The second-order valence-electron chi connectivity index (χ2n) is 7.72. The molecule has 10 nitrogen and oxygen atoms in total. The van der Waals surface area contributed by atoms with E-state index in [2.05, 4.69) is 47.2 Å². The summed E-state index contributed by atoms with van der Waals surface area (Å²) in [4.78, 5) is 14.0. The van der Waals surface area contributed by atoms with Gasteiger partial charge in [0, 0.05) is 28.5 Å². The van der Waals surface area contributed by atoms with Crippen LogP contribution in [0.5, 0.6) is 11.6 Å². The van der Waals surface area contributed by atoms with Crippen molar-refractivity contribution in [2.75, 3.05) is 38.3 Å². The number of hydrogen-bond donors (Lipinski definition) is 2. The second kappa shape index (κ2) is 9.69. The van der Waals surface area contributed by atoms with Crippen molar-refractivity contribution in [2.24, 2.45) is 10.2 Å². The van der Waals surface area contributed by atoms with Crippen molar-refractivity contribution in [1.29, 1.82) is 5.26 Å². The number of nitrogens with zero attached hydrogens (tertiary/aromatic N) is 6. The predicted molar refractivity (Wildman–Crippen MR) is 134 cm³/mol. The molecule has 4 aromatic rings. The van der Waals surface area contributed by atoms with Crippen molar-refractivity contribution in [3.63, 3.8) is 0 Å². The standard InChI is InChI=1S/C24H20BrN7O3/c1-34-16-5-2-14(3-6-16)20-18(13-26)22(32-8-10-35-11-9-32)29-24(28-20)31-30-21-17-12-15(25)4-7-19(17)27-23(21)33/h2-7,12,27,33H,8-11H2,1H3. The lowest BCUT2D eigenvalue weighted by Gasteiger charge is -2.28. The molecule has 0 amide bonds. The number of fused-ring (bicyclic) bond motifs is 1. The van der Waals surface area contributed by atoms with Crippen molar-refractivity contribution in [3.8, 4) is 29.0 Å². The van der Waals surface area contributed by atoms with Gasteiger partial charge in [-0.3, -0.25) is 0 Å². The van der Waals surface area contributed by atoms with Crippen LogP contribution in [0.2, 0.25) is 0 Å². The van der Waals surface area contributed by atoms with E-state index in [1.165, 1.54) is 0 Å². The monoisotopic (exact) mass is 533 g/mol. The lowest BCUT2D eigenvalue weighted by molar-refractivity contribution is 0.122. The third kappa shape index (κ3) is 4.53. The van der Waals surface area contributed by atoms with Gasteiger partial charge in [0.25, 0.3) is 5.95 Å². The maximum Gasteiger partial charge on any atom is 0.271 e. The molecule has 3 heterocycles. The number of H-pyrrole nitrogens is 1. The Kier molecular flexibility index (Phi) is 6.31. The van der Waals surface area contributed by atoms with Crippen LogP contribution in [0.1, 0.15) is 5.56 Å². The summed E-state index contributed by atoms with van der Waals surface area (Å²) in [6, 6.07) is 15.0. The van der Waals surface area contributed by atoms with Gasteiger partial charge >= 0.3 is 0 Å². The van der Waals surface area contributed by atoms with Gasteiger partial charge in [0.05, 0.1) is 31.5 Å². The Morgan fingerprint density at radius 3 is 2.63 bits per heavy atom. The van der Waals surface area contributed by atoms with Gasteiger partial charge in [0.15, 0.2) is 11.5 Å². The van der Waals surface area contributed by atoms with E-state index in [4.69, 9.17) is 9.47 Å². The largest absolute Gasteiger partial charge is 0.497 e. The molecule has 5 rings (SSSR count). The number of methoxy groups -OCH3 is 1. The number of halogens is 1. The van der Waals surface area contributed by atoms with Gasteiger partial charge in [-0.05, 0) is 42.5 Å². The zero-order valence-electron chi connectivity index (χ0n) is 18.7. The maximum atomic E-state index is 10.4. The number of rotatable bonds is 5. The minimum absolute atomic E-state index is 0.0695. The van der Waals surface area contributed by atoms with E-state index < -0.39 is 0 Å². The number of nitrogens with one attached hydrogen (secondary N) is 1. The summed E-state index contributed by atoms with van der Waals surface area (Å²) in [6.07, 6.45) is 0. The van der Waals surface area contributed by atoms with E-state index in [0.717, 1.165) is 10.0 Å². The number of azo groups is 1. The van der Waals surface area contributed by atoms with Crippen LogP contribution in [0.25, 0.3) is 22.2 Å². The number of anilines is 1. The van der Waals surface area contributed by atoms with E-state index in [0.29, 0.717) is 60.0 Å². The summed E-state index contributed by atoms with van der Waals surface area (Å²) in [5.41, 5.74) is 2.48. The molecule has 0 radical (unpaired) electrons. The number of aromatic hydroxyl groups is 1. The highest BCUT2D eigenvalue weighted by Crippen LogP contribution is 2.38. The first-order valence-electron chi connectivity index (χ1n) is 10.8. The van der Waals surface area contributed by atoms with E-state index in [1.54, 1.807) is 19.2 Å². The fourth-order valence-electron chi connectivity index (χ4n) is 3.88. The molecule has 1 saturated heterocycles. The predicted octanol–water partition coefficient (Wildman–Crippen LogP) is 5.23. The molecule has 0 atom stereocenters. The molecule has 0 saturated carbocycles. The van der Waals surface area contributed by atoms with Crippen molar-refractivity contribution in [2.45, 2.75) is 0 Å². The Morgan fingerprint density at radius 2 is 1.91 bits per heavy atom. The summed E-state index contributed by atoms with van der Waals surface area (Å²) in [5.74, 6) is 1.12. The van der Waals surface area contributed by atoms with E-state index in [1.807, 2.05) is 35.2 Å². The summed E-state index contributed by atoms with van der Waals surface area (Å²) in [7, 11) is 1.59. The lowest BCUT2D eigenvalue weighted by atomic mass is 10.1. The van der Waals surface area contributed by atoms with E-state index >= 15 is 0 Å². The molecular weight excluding hydrogens is 514 g/mol. The fourth-order valence-corrected chi connectivity index (χ4v) is 4.24. The van der Waals surface area contributed by atoms with Crippen LogP contribution >= 0.6 is 15.9 Å². The Bertz CT molecular complexity index is 1450. The number of ether oxygens (including phenoxy) is 2. The minimum Gasteiger partial charge on any atom is -0.497 e. The number of aromatic nitrogens is 3. The average Bonchev–Trinajstić information content (AvgIpc) is 3.21. The van der Waals surface area contributed by atoms with Crippen molar-refractivity contribution >= 4 is 44.3 Å². The smallest absolute Gasteiger partial charge is 0.271 e. The molecule has 176 valence electrons. The summed E-state index contributed by atoms with van der Waals surface area (Å²) in [6.45, 7) is 2.23. The normalized spacial score (nSPS) is 13.9. The first-order chi connectivity index (χ1) is 17.1. The Labute approximate surface area is 209 Å². The van der Waals surface area contributed by atoms with Crippen LogP contribution < -0.4 is 9.64 Å². The van der Waals surface area contributed by atoms with Crippen LogP contribution in [-0.2, 0) is 4.74 Å². The number of morpholine rings is 1. The van der Waals surface area contributed by atoms with Crippen LogP contribution in [0, 0.1) is 11.3 Å². The highest BCUT2D eigenvalue weighted by Gasteiger charge is 2.23. The Morgan fingerprint density at radius 1 is 1.14 bits per heavy atom. The summed E-state index contributed by atoms with van der Waals surface area (Å²) >= 11 is 3.44. The maximum absolute atomic E-state index is 10.4. The van der Waals surface area contributed by atoms with Crippen molar-refractivity contribution < 1.29 is 14.6 Å². The molecular formula is C24H20BrN7O3. The van der Waals surface area contributed by atoms with Crippen molar-refractivity contribution in [3.05, 3.63) is 52.5 Å². The van der Waals surface area contributed by atoms with Gasteiger partial charge in [0.1, 0.15) is 17.4 Å². The van der Waals surface area contributed by atoms with Gasteiger partial charge < -0.3 is 24.5 Å². The highest BCUT2D eigenvalue weighted by molar-refractivity contribution is 9.10. The molecule has 2 aromatic carbocycles. The van der Waals surface area contributed by atoms with Gasteiger partial charge in [-0.25, -0.2) is 4.98 Å². The second-order valence-corrected chi connectivity index (χ2v) is 8.64. The van der Waals surface area contributed by atoms with Gasteiger partial charge in [-0.1, -0.05) is 15.9 Å². The zero-order valence-corrected chi connectivity index (χ0v) is 20.3. The molecule has 1 aliphatic heterocycles. The molecule has 0 aliphatic carbocycles. The van der Waals surface area contributed by atoms with E-state index in [9.17, 15) is 10.4 Å². The Balaban J connectivity index is 1.63. The minimum atomic E-state index is -0.112. The molecule has 1 fully saturated rings. The fraction of sp³-hybridized carbons (Fsp3) is 0.208. The summed E-state index contributed by atoms with van der Waals surface area (Å²) in [5, 5.41) is 29.6. The molecule has 1 aliphatic rings. The molecule has 11 heteroatoms. The number of aromatic amines is 1. The first-order valence-corrected chi connectivity index (χ1v) is 11.6. The van der Waals surface area contributed by atoms with Gasteiger partial charge in [-0.15, -0.1) is 10.2 Å². The topological polar surface area (TPSA) is 132 Å². The third-order valence-corrected chi connectivity index (χ3v) is 6.11. The van der Waals surface area contributed by atoms with Crippen LogP contribution in [0.4, 0.5) is 17.5 Å². The van der Waals surface area contributed by atoms with Crippen molar-refractivity contribution in [1.82, 2.24) is 15.0 Å². The lowest BCUT2D eigenvalue weighted by Crippen LogP contribution is -2.37.